The van der Waals surface area contributed by atoms with Crippen LogP contribution in [0.4, 0.5) is 0 Å². The van der Waals surface area contributed by atoms with Crippen LogP contribution in [0.15, 0.2) is 0 Å². The van der Waals surface area contributed by atoms with Gasteiger partial charge >= 0.3 is 0 Å². The Morgan fingerprint density at radius 2 is 1.33 bits per heavy atom. The summed E-state index contributed by atoms with van der Waals surface area (Å²) in [5.41, 5.74) is 0.239. The molecule has 1 fully saturated rings. The number of aliphatic hydroxyl groups is 2. The molecule has 1 aliphatic rings. The lowest BCUT2D eigenvalue weighted by atomic mass is 9.66. The molecule has 0 radical (unpaired) electrons. The second kappa shape index (κ2) is 3.35. The molecular formula is C10H20O2. The van der Waals surface area contributed by atoms with E-state index < -0.39 is 0 Å². The molecule has 0 heterocycles. The maximum absolute atomic E-state index is 9.15. The van der Waals surface area contributed by atoms with Gasteiger partial charge in [-0.05, 0) is 31.1 Å². The van der Waals surface area contributed by atoms with E-state index in [9.17, 15) is 0 Å². The molecule has 1 saturated carbocycles. The van der Waals surface area contributed by atoms with Crippen molar-refractivity contribution in [3.05, 3.63) is 0 Å². The lowest BCUT2D eigenvalue weighted by molar-refractivity contribution is -0.00502. The van der Waals surface area contributed by atoms with Crippen LogP contribution >= 0.6 is 0 Å². The fourth-order valence-corrected chi connectivity index (χ4v) is 1.82. The Morgan fingerprint density at radius 3 is 1.67 bits per heavy atom. The fraction of sp³-hybridized carbons (Fsp3) is 1.00. The standard InChI is InChI=1S/C10H20O2/c1-9(2)3-5-10(7-11,8-12)6-4-9/h11-12H,3-8H2,1-2H3. The molecule has 1 rings (SSSR count). The highest BCUT2D eigenvalue weighted by atomic mass is 16.3. The Balaban J connectivity index is 2.53. The van der Waals surface area contributed by atoms with Gasteiger partial charge in [-0.1, -0.05) is 13.8 Å². The SMILES string of the molecule is CC1(C)CCC(CO)(CO)CC1. The van der Waals surface area contributed by atoms with Gasteiger partial charge in [0.15, 0.2) is 0 Å². The summed E-state index contributed by atoms with van der Waals surface area (Å²) in [4.78, 5) is 0. The van der Waals surface area contributed by atoms with E-state index in [1.807, 2.05) is 0 Å². The van der Waals surface area contributed by atoms with Gasteiger partial charge in [0.1, 0.15) is 0 Å². The zero-order chi connectivity index (χ0) is 9.24. The largest absolute Gasteiger partial charge is 0.396 e. The van der Waals surface area contributed by atoms with E-state index in [-0.39, 0.29) is 18.6 Å². The molecule has 0 spiro atoms. The Bertz CT molecular complexity index is 136. The lowest BCUT2D eigenvalue weighted by Crippen LogP contribution is -2.36. The van der Waals surface area contributed by atoms with Crippen molar-refractivity contribution in [2.75, 3.05) is 13.2 Å². The van der Waals surface area contributed by atoms with Crippen LogP contribution in [0.25, 0.3) is 0 Å². The number of hydrogen-bond acceptors (Lipinski definition) is 2. The second-order valence-electron chi connectivity index (χ2n) is 4.98. The third kappa shape index (κ3) is 1.99. The minimum absolute atomic E-state index is 0.138. The Hall–Kier alpha value is -0.0800. The van der Waals surface area contributed by atoms with E-state index in [2.05, 4.69) is 13.8 Å². The summed E-state index contributed by atoms with van der Waals surface area (Å²) >= 11 is 0. The summed E-state index contributed by atoms with van der Waals surface area (Å²) in [5, 5.41) is 18.3. The van der Waals surface area contributed by atoms with Gasteiger partial charge in [0, 0.05) is 5.41 Å². The van der Waals surface area contributed by atoms with Crippen LogP contribution < -0.4 is 0 Å². The predicted molar refractivity (Wildman–Crippen MR) is 48.9 cm³/mol. The van der Waals surface area contributed by atoms with Crippen molar-refractivity contribution >= 4 is 0 Å². The first-order chi connectivity index (χ1) is 5.54. The lowest BCUT2D eigenvalue weighted by Gasteiger charge is -2.41. The quantitative estimate of drug-likeness (QED) is 0.663. The molecule has 1 aliphatic carbocycles. The summed E-state index contributed by atoms with van der Waals surface area (Å²) in [6.45, 7) is 4.79. The van der Waals surface area contributed by atoms with Crippen LogP contribution in [0.3, 0.4) is 0 Å². The fourth-order valence-electron chi connectivity index (χ4n) is 1.82. The molecule has 2 N–H and O–H groups in total. The molecule has 0 aromatic rings. The van der Waals surface area contributed by atoms with Crippen LogP contribution in [0.2, 0.25) is 0 Å². The molecule has 0 bridgehead atoms. The first-order valence-electron chi connectivity index (χ1n) is 4.75. The molecule has 0 unspecified atom stereocenters. The van der Waals surface area contributed by atoms with E-state index in [4.69, 9.17) is 10.2 Å². The summed E-state index contributed by atoms with van der Waals surface area (Å²) in [6.07, 6.45) is 4.17. The summed E-state index contributed by atoms with van der Waals surface area (Å²) in [5.74, 6) is 0. The molecule has 72 valence electrons. The van der Waals surface area contributed by atoms with Crippen molar-refractivity contribution < 1.29 is 10.2 Å². The van der Waals surface area contributed by atoms with E-state index in [1.165, 1.54) is 0 Å². The molecule has 0 aromatic carbocycles. The van der Waals surface area contributed by atoms with Crippen molar-refractivity contribution in [2.45, 2.75) is 39.5 Å². The molecular weight excluding hydrogens is 152 g/mol. The van der Waals surface area contributed by atoms with Gasteiger partial charge in [0.05, 0.1) is 13.2 Å². The minimum atomic E-state index is -0.171. The maximum atomic E-state index is 9.15. The first-order valence-corrected chi connectivity index (χ1v) is 4.75. The topological polar surface area (TPSA) is 40.5 Å². The van der Waals surface area contributed by atoms with Gasteiger partial charge in [0.2, 0.25) is 0 Å². The Labute approximate surface area is 74.6 Å². The predicted octanol–water partition coefficient (Wildman–Crippen LogP) is 1.56. The van der Waals surface area contributed by atoms with Gasteiger partial charge < -0.3 is 10.2 Å². The Kier molecular flexibility index (Phi) is 2.79. The molecule has 0 amide bonds. The van der Waals surface area contributed by atoms with Crippen molar-refractivity contribution in [1.82, 2.24) is 0 Å². The van der Waals surface area contributed by atoms with Crippen molar-refractivity contribution in [2.24, 2.45) is 10.8 Å². The maximum Gasteiger partial charge on any atom is 0.0509 e. The monoisotopic (exact) mass is 172 g/mol. The van der Waals surface area contributed by atoms with Crippen molar-refractivity contribution in [1.29, 1.82) is 0 Å². The van der Waals surface area contributed by atoms with Gasteiger partial charge in [-0.15, -0.1) is 0 Å². The number of aliphatic hydroxyl groups excluding tert-OH is 2. The second-order valence-corrected chi connectivity index (χ2v) is 4.98. The van der Waals surface area contributed by atoms with Gasteiger partial charge in [0.25, 0.3) is 0 Å². The summed E-state index contributed by atoms with van der Waals surface area (Å²) < 4.78 is 0. The normalized spacial score (nSPS) is 27.0. The average Bonchev–Trinajstić information content (AvgIpc) is 2.06. The molecule has 2 heteroatoms. The zero-order valence-electron chi connectivity index (χ0n) is 8.14. The van der Waals surface area contributed by atoms with E-state index >= 15 is 0 Å². The third-order valence-electron chi connectivity index (χ3n) is 3.34. The smallest absolute Gasteiger partial charge is 0.0509 e. The third-order valence-corrected chi connectivity index (χ3v) is 3.34. The summed E-state index contributed by atoms with van der Waals surface area (Å²) in [7, 11) is 0. The minimum Gasteiger partial charge on any atom is -0.396 e. The molecule has 0 saturated heterocycles. The summed E-state index contributed by atoms with van der Waals surface area (Å²) in [6, 6.07) is 0. The molecule has 0 aromatic heterocycles. The van der Waals surface area contributed by atoms with Crippen LogP contribution in [-0.2, 0) is 0 Å². The molecule has 0 atom stereocenters. The van der Waals surface area contributed by atoms with Gasteiger partial charge in [-0.3, -0.25) is 0 Å². The van der Waals surface area contributed by atoms with Crippen LogP contribution in [-0.4, -0.2) is 23.4 Å². The molecule has 2 nitrogen and oxygen atoms in total. The molecule has 12 heavy (non-hydrogen) atoms. The highest BCUT2D eigenvalue weighted by Crippen LogP contribution is 2.44. The highest BCUT2D eigenvalue weighted by molar-refractivity contribution is 4.88. The number of rotatable bonds is 2. The van der Waals surface area contributed by atoms with Crippen LogP contribution in [0.5, 0.6) is 0 Å². The van der Waals surface area contributed by atoms with Gasteiger partial charge in [-0.25, -0.2) is 0 Å². The van der Waals surface area contributed by atoms with Gasteiger partial charge in [-0.2, -0.15) is 0 Å². The first kappa shape index (κ1) is 10.0. The van der Waals surface area contributed by atoms with Crippen molar-refractivity contribution in [3.8, 4) is 0 Å². The zero-order valence-corrected chi connectivity index (χ0v) is 8.14. The highest BCUT2D eigenvalue weighted by Gasteiger charge is 2.37. The van der Waals surface area contributed by atoms with Crippen LogP contribution in [0, 0.1) is 10.8 Å². The van der Waals surface area contributed by atoms with E-state index in [0.717, 1.165) is 25.7 Å². The Morgan fingerprint density at radius 1 is 0.917 bits per heavy atom. The van der Waals surface area contributed by atoms with E-state index in [1.54, 1.807) is 0 Å². The van der Waals surface area contributed by atoms with Crippen LogP contribution in [0.1, 0.15) is 39.5 Å². The molecule has 0 aliphatic heterocycles. The average molecular weight is 172 g/mol. The van der Waals surface area contributed by atoms with Crippen molar-refractivity contribution in [3.63, 3.8) is 0 Å². The van der Waals surface area contributed by atoms with E-state index in [0.29, 0.717) is 5.41 Å². The number of hydrogen-bond donors (Lipinski definition) is 2.